The molecule has 4 heterocycles. The van der Waals surface area contributed by atoms with Crippen LogP contribution in [0.5, 0.6) is 0 Å². The van der Waals surface area contributed by atoms with E-state index in [-0.39, 0.29) is 5.92 Å². The summed E-state index contributed by atoms with van der Waals surface area (Å²) in [6.45, 7) is 6.84. The summed E-state index contributed by atoms with van der Waals surface area (Å²) in [5, 5.41) is 0. The number of anilines is 2. The van der Waals surface area contributed by atoms with Gasteiger partial charge in [0.25, 0.3) is 0 Å². The van der Waals surface area contributed by atoms with Crippen LogP contribution in [0.2, 0.25) is 0 Å². The van der Waals surface area contributed by atoms with Crippen LogP contribution in [-0.2, 0) is 9.53 Å². The molecule has 7 heteroatoms. The Morgan fingerprint density at radius 1 is 0.885 bits per heavy atom. The average molecular weight is 359 g/mol. The van der Waals surface area contributed by atoms with Crippen LogP contribution in [0.3, 0.4) is 0 Å². The number of ether oxygens (including phenoxy) is 1. The molecule has 3 saturated heterocycles. The number of piperidine rings is 1. The Hall–Kier alpha value is -1.89. The maximum Gasteiger partial charge on any atom is 0.225 e. The second kappa shape index (κ2) is 8.20. The van der Waals surface area contributed by atoms with Gasteiger partial charge in [-0.05, 0) is 32.1 Å². The molecule has 0 unspecified atom stereocenters. The van der Waals surface area contributed by atoms with Crippen LogP contribution in [0.25, 0.3) is 0 Å². The molecule has 3 aliphatic heterocycles. The van der Waals surface area contributed by atoms with Gasteiger partial charge in [0, 0.05) is 64.5 Å². The zero-order valence-corrected chi connectivity index (χ0v) is 15.5. The first-order valence-corrected chi connectivity index (χ1v) is 10.00. The molecule has 0 spiro atoms. The Morgan fingerprint density at radius 3 is 2.15 bits per heavy atom. The first kappa shape index (κ1) is 17.5. The van der Waals surface area contributed by atoms with E-state index in [9.17, 15) is 4.79 Å². The molecule has 7 nitrogen and oxygen atoms in total. The Bertz CT molecular complexity index is 606. The predicted molar refractivity (Wildman–Crippen MR) is 100 cm³/mol. The summed E-state index contributed by atoms with van der Waals surface area (Å²) in [5.41, 5.74) is 0. The number of hydrogen-bond donors (Lipinski definition) is 0. The smallest absolute Gasteiger partial charge is 0.225 e. The number of rotatable bonds is 3. The zero-order chi connectivity index (χ0) is 17.8. The molecule has 0 aliphatic carbocycles. The summed E-state index contributed by atoms with van der Waals surface area (Å²) in [5.74, 6) is 2.49. The van der Waals surface area contributed by atoms with Gasteiger partial charge < -0.3 is 19.4 Å². The largest absolute Gasteiger partial charge is 0.381 e. The van der Waals surface area contributed by atoms with Crippen molar-refractivity contribution >= 4 is 17.5 Å². The number of carbonyl (C=O) groups is 1. The summed E-state index contributed by atoms with van der Waals surface area (Å²) in [6.07, 6.45) is 7.21. The van der Waals surface area contributed by atoms with Gasteiger partial charge in [0.15, 0.2) is 0 Å². The lowest BCUT2D eigenvalue weighted by Gasteiger charge is -2.38. The van der Waals surface area contributed by atoms with E-state index >= 15 is 0 Å². The van der Waals surface area contributed by atoms with E-state index in [2.05, 4.69) is 25.8 Å². The summed E-state index contributed by atoms with van der Waals surface area (Å²) in [6, 6.07) is 2.11. The highest BCUT2D eigenvalue weighted by Gasteiger charge is 2.29. The van der Waals surface area contributed by atoms with E-state index in [1.807, 2.05) is 4.90 Å². The third-order valence-corrected chi connectivity index (χ3v) is 5.80. The van der Waals surface area contributed by atoms with Crippen molar-refractivity contribution in [3.63, 3.8) is 0 Å². The van der Waals surface area contributed by atoms with Crippen molar-refractivity contribution in [1.82, 2.24) is 14.9 Å². The molecular formula is C19H29N5O2. The number of carbonyl (C=O) groups excluding carboxylic acids is 1. The Morgan fingerprint density at radius 2 is 1.50 bits per heavy atom. The Balaban J connectivity index is 1.35. The van der Waals surface area contributed by atoms with Crippen molar-refractivity contribution in [3.8, 4) is 0 Å². The minimum atomic E-state index is 0.153. The van der Waals surface area contributed by atoms with Crippen LogP contribution in [-0.4, -0.2) is 73.3 Å². The van der Waals surface area contributed by atoms with Gasteiger partial charge in [-0.2, -0.15) is 0 Å². The molecule has 0 radical (unpaired) electrons. The van der Waals surface area contributed by atoms with Crippen molar-refractivity contribution in [2.75, 3.05) is 62.3 Å². The Labute approximate surface area is 155 Å². The third-order valence-electron chi connectivity index (χ3n) is 5.80. The molecular weight excluding hydrogens is 330 g/mol. The van der Waals surface area contributed by atoms with Crippen molar-refractivity contribution in [2.24, 2.45) is 5.92 Å². The molecule has 0 atom stereocenters. The molecule has 0 saturated carbocycles. The number of piperazine rings is 1. The highest BCUT2D eigenvalue weighted by Crippen LogP contribution is 2.23. The molecule has 3 aliphatic rings. The van der Waals surface area contributed by atoms with Crippen molar-refractivity contribution in [2.45, 2.75) is 32.1 Å². The van der Waals surface area contributed by atoms with E-state index in [0.717, 1.165) is 77.0 Å². The quantitative estimate of drug-likeness (QED) is 0.816. The number of hydrogen-bond acceptors (Lipinski definition) is 6. The fourth-order valence-corrected chi connectivity index (χ4v) is 4.16. The third kappa shape index (κ3) is 3.92. The average Bonchev–Trinajstić information content (AvgIpc) is 2.75. The van der Waals surface area contributed by atoms with E-state index in [1.54, 1.807) is 6.33 Å². The van der Waals surface area contributed by atoms with Gasteiger partial charge in [-0.15, -0.1) is 0 Å². The minimum absolute atomic E-state index is 0.153. The van der Waals surface area contributed by atoms with Crippen LogP contribution in [0, 0.1) is 5.92 Å². The topological polar surface area (TPSA) is 61.8 Å². The molecule has 3 fully saturated rings. The summed E-state index contributed by atoms with van der Waals surface area (Å²) in [7, 11) is 0. The minimum Gasteiger partial charge on any atom is -0.381 e. The highest BCUT2D eigenvalue weighted by atomic mass is 16.5. The van der Waals surface area contributed by atoms with Crippen LogP contribution in [0.4, 0.5) is 11.6 Å². The fourth-order valence-electron chi connectivity index (χ4n) is 4.16. The predicted octanol–water partition coefficient (Wildman–Crippen LogP) is 1.54. The molecule has 0 N–H and O–H groups in total. The van der Waals surface area contributed by atoms with Gasteiger partial charge in [0.2, 0.25) is 5.91 Å². The van der Waals surface area contributed by atoms with Gasteiger partial charge in [0.1, 0.15) is 18.0 Å². The van der Waals surface area contributed by atoms with E-state index in [4.69, 9.17) is 4.74 Å². The zero-order valence-electron chi connectivity index (χ0n) is 15.5. The monoisotopic (exact) mass is 359 g/mol. The van der Waals surface area contributed by atoms with Gasteiger partial charge in [-0.25, -0.2) is 9.97 Å². The highest BCUT2D eigenvalue weighted by molar-refractivity contribution is 5.79. The van der Waals surface area contributed by atoms with Gasteiger partial charge >= 0.3 is 0 Å². The van der Waals surface area contributed by atoms with Crippen LogP contribution in [0.15, 0.2) is 12.4 Å². The fraction of sp³-hybridized carbons (Fsp3) is 0.737. The van der Waals surface area contributed by atoms with Crippen molar-refractivity contribution in [3.05, 3.63) is 12.4 Å². The van der Waals surface area contributed by atoms with E-state index < -0.39 is 0 Å². The normalized spacial score (nSPS) is 22.5. The first-order chi connectivity index (χ1) is 12.8. The summed E-state index contributed by atoms with van der Waals surface area (Å²) >= 11 is 0. The molecule has 0 aromatic carbocycles. The maximum absolute atomic E-state index is 12.7. The van der Waals surface area contributed by atoms with Crippen LogP contribution < -0.4 is 9.80 Å². The van der Waals surface area contributed by atoms with Crippen molar-refractivity contribution < 1.29 is 9.53 Å². The number of nitrogens with zero attached hydrogens (tertiary/aromatic N) is 5. The molecule has 26 heavy (non-hydrogen) atoms. The van der Waals surface area contributed by atoms with Crippen molar-refractivity contribution in [1.29, 1.82) is 0 Å². The lowest BCUT2D eigenvalue weighted by atomic mass is 9.98. The van der Waals surface area contributed by atoms with Crippen LogP contribution >= 0.6 is 0 Å². The van der Waals surface area contributed by atoms with Crippen LogP contribution in [0.1, 0.15) is 32.1 Å². The molecule has 4 rings (SSSR count). The van der Waals surface area contributed by atoms with Gasteiger partial charge in [-0.1, -0.05) is 0 Å². The standard InChI is InChI=1S/C19H29N5O2/c25-19(16-4-12-26-13-5-16)24-10-8-23(9-11-24)18-14-17(20-15-21-18)22-6-2-1-3-7-22/h14-16H,1-13H2. The molecule has 0 bridgehead atoms. The van der Waals surface area contributed by atoms with Gasteiger partial charge in [0.05, 0.1) is 0 Å². The summed E-state index contributed by atoms with van der Waals surface area (Å²) in [4.78, 5) is 28.3. The Kier molecular flexibility index (Phi) is 5.53. The molecule has 1 aromatic rings. The first-order valence-electron chi connectivity index (χ1n) is 10.00. The summed E-state index contributed by atoms with van der Waals surface area (Å²) < 4.78 is 5.38. The van der Waals surface area contributed by atoms with E-state index in [1.165, 1.54) is 19.3 Å². The second-order valence-electron chi connectivity index (χ2n) is 7.48. The van der Waals surface area contributed by atoms with Gasteiger partial charge in [-0.3, -0.25) is 4.79 Å². The lowest BCUT2D eigenvalue weighted by molar-refractivity contribution is -0.138. The molecule has 1 amide bonds. The molecule has 1 aromatic heterocycles. The lowest BCUT2D eigenvalue weighted by Crippen LogP contribution is -2.51. The maximum atomic E-state index is 12.7. The SMILES string of the molecule is O=C(C1CCOCC1)N1CCN(c2cc(N3CCCCC3)ncn2)CC1. The second-order valence-corrected chi connectivity index (χ2v) is 7.48. The molecule has 142 valence electrons. The number of amides is 1. The number of aromatic nitrogens is 2. The van der Waals surface area contributed by atoms with E-state index in [0.29, 0.717) is 5.91 Å².